The third-order valence-electron chi connectivity index (χ3n) is 5.14. The fourth-order valence-corrected chi connectivity index (χ4v) is 8.42. The average Bonchev–Trinajstić information content (AvgIpc) is 2.52. The van der Waals surface area contributed by atoms with Gasteiger partial charge in [0.2, 0.25) is 0 Å². The lowest BCUT2D eigenvalue weighted by atomic mass is 9.88. The lowest BCUT2D eigenvalue weighted by Gasteiger charge is -2.43. The molecule has 1 heteroatoms. The molecule has 148 valence electrons. The van der Waals surface area contributed by atoms with E-state index in [0.717, 1.165) is 0 Å². The largest absolute Gasteiger partial charge is 0.0636 e. The summed E-state index contributed by atoms with van der Waals surface area (Å²) < 4.78 is 0. The van der Waals surface area contributed by atoms with Gasteiger partial charge in [-0.05, 0) is 49.7 Å². The van der Waals surface area contributed by atoms with Gasteiger partial charge in [0, 0.05) is 0 Å². The minimum Gasteiger partial charge on any atom is -0.0636 e. The monoisotopic (exact) mass is 382 g/mol. The van der Waals surface area contributed by atoms with Gasteiger partial charge in [-0.1, -0.05) is 120 Å². The average molecular weight is 383 g/mol. The van der Waals surface area contributed by atoms with E-state index in [0.29, 0.717) is 11.8 Å². The van der Waals surface area contributed by atoms with Gasteiger partial charge in [-0.2, -0.15) is 0 Å². The summed E-state index contributed by atoms with van der Waals surface area (Å²) in [4.78, 5) is 0. The number of benzene rings is 2. The van der Waals surface area contributed by atoms with Crippen LogP contribution in [0.2, 0.25) is 0 Å². The first-order valence-electron chi connectivity index (χ1n) is 10.4. The highest BCUT2D eigenvalue weighted by molar-refractivity contribution is 7.68. The Morgan fingerprint density at radius 3 is 1.70 bits per heavy atom. The van der Waals surface area contributed by atoms with E-state index in [2.05, 4.69) is 112 Å². The van der Waals surface area contributed by atoms with Crippen molar-refractivity contribution in [2.75, 3.05) is 0 Å². The Balaban J connectivity index is 2.76. The summed E-state index contributed by atoms with van der Waals surface area (Å²) in [6.45, 7) is 23.7. The molecular formula is C26H39P. The Morgan fingerprint density at radius 1 is 0.667 bits per heavy atom. The second kappa shape index (κ2) is 8.08. The lowest BCUT2D eigenvalue weighted by Crippen LogP contribution is -2.32. The zero-order chi connectivity index (χ0) is 20.6. The zero-order valence-electron chi connectivity index (χ0n) is 19.1. The molecule has 0 radical (unpaired) electrons. The summed E-state index contributed by atoms with van der Waals surface area (Å²) in [5, 5.41) is 2.07. The van der Waals surface area contributed by atoms with Crippen LogP contribution >= 0.6 is 7.92 Å². The molecule has 0 unspecified atom stereocenters. The second-order valence-corrected chi connectivity index (χ2v) is 14.2. The van der Waals surface area contributed by atoms with Gasteiger partial charge in [0.05, 0.1) is 0 Å². The van der Waals surface area contributed by atoms with E-state index < -0.39 is 0 Å². The topological polar surface area (TPSA) is 0 Å². The highest BCUT2D eigenvalue weighted by Crippen LogP contribution is 2.59. The van der Waals surface area contributed by atoms with Crippen LogP contribution in [0.4, 0.5) is 0 Å². The molecule has 0 heterocycles. The smallest absolute Gasteiger partial charge is 0.0104 e. The summed E-state index contributed by atoms with van der Waals surface area (Å²) in [5.41, 5.74) is 5.78. The number of hydrogen-bond donors (Lipinski definition) is 0. The maximum Gasteiger partial charge on any atom is -0.0104 e. The van der Waals surface area contributed by atoms with Crippen LogP contribution in [-0.4, -0.2) is 10.3 Å². The van der Waals surface area contributed by atoms with Crippen molar-refractivity contribution in [1.29, 1.82) is 0 Å². The number of hydrogen-bond acceptors (Lipinski definition) is 0. The third kappa shape index (κ3) is 5.03. The standard InChI is InChI=1S/C26H39P/c1-18(2)20-15-16-21(23(17-20)19(3)4)22-13-11-12-14-24(22)27(25(5,6)7)26(8,9)10/h11-19H,1-10H3. The molecule has 2 rings (SSSR count). The van der Waals surface area contributed by atoms with Gasteiger partial charge in [-0.25, -0.2) is 0 Å². The Kier molecular flexibility index (Phi) is 6.63. The van der Waals surface area contributed by atoms with Crippen LogP contribution in [0.3, 0.4) is 0 Å². The summed E-state index contributed by atoms with van der Waals surface area (Å²) in [6, 6.07) is 16.3. The zero-order valence-corrected chi connectivity index (χ0v) is 20.0. The Bertz CT molecular complexity index is 756. The van der Waals surface area contributed by atoms with Crippen molar-refractivity contribution in [2.45, 2.75) is 91.4 Å². The first-order valence-corrected chi connectivity index (χ1v) is 11.7. The van der Waals surface area contributed by atoms with E-state index in [1.807, 2.05) is 0 Å². The van der Waals surface area contributed by atoms with E-state index in [-0.39, 0.29) is 18.2 Å². The summed E-state index contributed by atoms with van der Waals surface area (Å²) in [7, 11) is -0.334. The van der Waals surface area contributed by atoms with Crippen LogP contribution in [-0.2, 0) is 0 Å². The van der Waals surface area contributed by atoms with Gasteiger partial charge in [-0.3, -0.25) is 0 Å². The number of rotatable bonds is 4. The van der Waals surface area contributed by atoms with Crippen LogP contribution in [0.25, 0.3) is 11.1 Å². The van der Waals surface area contributed by atoms with Crippen LogP contribution < -0.4 is 5.30 Å². The van der Waals surface area contributed by atoms with Crippen LogP contribution in [0.5, 0.6) is 0 Å². The molecule has 27 heavy (non-hydrogen) atoms. The molecule has 2 aromatic carbocycles. The van der Waals surface area contributed by atoms with E-state index in [1.54, 1.807) is 5.30 Å². The van der Waals surface area contributed by atoms with Crippen molar-refractivity contribution in [2.24, 2.45) is 0 Å². The van der Waals surface area contributed by atoms with E-state index >= 15 is 0 Å². The van der Waals surface area contributed by atoms with Gasteiger partial charge in [-0.15, -0.1) is 0 Å². The molecule has 0 aliphatic heterocycles. The normalized spacial score (nSPS) is 13.1. The van der Waals surface area contributed by atoms with Crippen molar-refractivity contribution in [3.05, 3.63) is 53.6 Å². The predicted molar refractivity (Wildman–Crippen MR) is 126 cm³/mol. The molecule has 0 N–H and O–H groups in total. The summed E-state index contributed by atoms with van der Waals surface area (Å²) in [5.74, 6) is 1.08. The quantitative estimate of drug-likeness (QED) is 0.466. The van der Waals surface area contributed by atoms with E-state index in [4.69, 9.17) is 0 Å². The Morgan fingerprint density at radius 2 is 1.22 bits per heavy atom. The van der Waals surface area contributed by atoms with Crippen molar-refractivity contribution in [3.8, 4) is 11.1 Å². The molecule has 0 saturated heterocycles. The highest BCUT2D eigenvalue weighted by atomic mass is 31.1. The minimum absolute atomic E-state index is 0.263. The van der Waals surface area contributed by atoms with Crippen molar-refractivity contribution in [3.63, 3.8) is 0 Å². The minimum atomic E-state index is -0.334. The molecule has 0 bridgehead atoms. The fraction of sp³-hybridized carbons (Fsp3) is 0.538. The molecule has 0 fully saturated rings. The lowest BCUT2D eigenvalue weighted by molar-refractivity contribution is 0.715. The molecule has 0 atom stereocenters. The van der Waals surface area contributed by atoms with E-state index in [1.165, 1.54) is 22.3 Å². The maximum atomic E-state index is 2.44. The molecule has 2 aromatic rings. The SMILES string of the molecule is CC(C)c1ccc(-c2ccccc2P(C(C)(C)C)C(C)(C)C)c(C(C)C)c1. The van der Waals surface area contributed by atoms with E-state index in [9.17, 15) is 0 Å². The third-order valence-corrected chi connectivity index (χ3v) is 8.70. The second-order valence-electron chi connectivity index (χ2n) is 10.4. The Labute approximate surface area is 169 Å². The summed E-state index contributed by atoms with van der Waals surface area (Å²) in [6.07, 6.45) is 0. The fourth-order valence-electron chi connectivity index (χ4n) is 4.29. The van der Waals surface area contributed by atoms with Gasteiger partial charge < -0.3 is 0 Å². The molecule has 0 aliphatic rings. The maximum absolute atomic E-state index is 2.44. The van der Waals surface area contributed by atoms with Crippen LogP contribution in [0.15, 0.2) is 42.5 Å². The van der Waals surface area contributed by atoms with Crippen LogP contribution in [0, 0.1) is 0 Å². The molecule has 0 saturated carbocycles. The highest BCUT2D eigenvalue weighted by Gasteiger charge is 2.37. The molecular weight excluding hydrogens is 343 g/mol. The van der Waals surface area contributed by atoms with Gasteiger partial charge in [0.15, 0.2) is 0 Å². The molecule has 0 nitrogen and oxygen atoms in total. The molecule has 0 amide bonds. The van der Waals surface area contributed by atoms with Crippen molar-refractivity contribution >= 4 is 13.2 Å². The Hall–Kier alpha value is -1.13. The summed E-state index contributed by atoms with van der Waals surface area (Å²) >= 11 is 0. The van der Waals surface area contributed by atoms with Gasteiger partial charge in [0.25, 0.3) is 0 Å². The van der Waals surface area contributed by atoms with Gasteiger partial charge >= 0.3 is 0 Å². The van der Waals surface area contributed by atoms with Crippen LogP contribution in [0.1, 0.15) is 92.2 Å². The molecule has 0 aliphatic carbocycles. The van der Waals surface area contributed by atoms with Crippen molar-refractivity contribution in [1.82, 2.24) is 0 Å². The first-order chi connectivity index (χ1) is 12.3. The van der Waals surface area contributed by atoms with Gasteiger partial charge in [0.1, 0.15) is 0 Å². The first kappa shape index (κ1) is 22.2. The predicted octanol–water partition coefficient (Wildman–Crippen LogP) is 8.30. The molecule has 0 aromatic heterocycles. The van der Waals surface area contributed by atoms with Crippen molar-refractivity contribution < 1.29 is 0 Å². The molecule has 0 spiro atoms.